The molecule has 0 radical (unpaired) electrons. The summed E-state index contributed by atoms with van der Waals surface area (Å²) in [5.41, 5.74) is 6.84. The maximum Gasteiger partial charge on any atom is 0.0416 e. The first-order valence-electron chi connectivity index (χ1n) is 6.24. The summed E-state index contributed by atoms with van der Waals surface area (Å²) in [6, 6.07) is 6.90. The van der Waals surface area contributed by atoms with E-state index in [-0.39, 0.29) is 0 Å². The van der Waals surface area contributed by atoms with Crippen molar-refractivity contribution in [2.45, 2.75) is 31.7 Å². The maximum atomic E-state index is 5.66. The summed E-state index contributed by atoms with van der Waals surface area (Å²) in [7, 11) is 0. The lowest BCUT2D eigenvalue weighted by atomic mass is 9.91. The molecule has 2 rings (SSSR count). The summed E-state index contributed by atoms with van der Waals surface area (Å²) in [4.78, 5) is 6.88. The van der Waals surface area contributed by atoms with Crippen LogP contribution in [-0.4, -0.2) is 35.6 Å². The van der Waals surface area contributed by atoms with Crippen molar-refractivity contribution in [2.24, 2.45) is 5.73 Å². The first-order valence-corrected chi connectivity index (χ1v) is 6.24. The second kappa shape index (κ2) is 5.97. The minimum absolute atomic E-state index is 0.763. The van der Waals surface area contributed by atoms with Crippen molar-refractivity contribution in [2.75, 3.05) is 19.6 Å². The first-order chi connectivity index (χ1) is 7.90. The molecular formula is C13H21N3. The second-order valence-corrected chi connectivity index (χ2v) is 4.48. The van der Waals surface area contributed by atoms with Crippen LogP contribution in [0.5, 0.6) is 0 Å². The van der Waals surface area contributed by atoms with Crippen LogP contribution in [-0.2, 0) is 6.42 Å². The van der Waals surface area contributed by atoms with E-state index in [0.717, 1.165) is 32.1 Å². The quantitative estimate of drug-likeness (QED) is 0.787. The monoisotopic (exact) mass is 219 g/mol. The van der Waals surface area contributed by atoms with Gasteiger partial charge >= 0.3 is 0 Å². The molecule has 2 N–H and O–H groups in total. The molecule has 1 aliphatic rings. The molecular weight excluding hydrogens is 198 g/mol. The predicted molar refractivity (Wildman–Crippen MR) is 66.2 cm³/mol. The molecule has 0 bridgehead atoms. The summed E-state index contributed by atoms with van der Waals surface area (Å²) in [6.07, 6.45) is 6.99. The zero-order valence-electron chi connectivity index (χ0n) is 9.81. The Labute approximate surface area is 97.7 Å². The van der Waals surface area contributed by atoms with Crippen LogP contribution in [0.25, 0.3) is 0 Å². The molecule has 1 aliphatic carbocycles. The highest BCUT2D eigenvalue weighted by molar-refractivity contribution is 5.04. The van der Waals surface area contributed by atoms with E-state index in [1.165, 1.54) is 25.0 Å². The number of hydrogen-bond acceptors (Lipinski definition) is 3. The fraction of sp³-hybridized carbons (Fsp3) is 0.615. The van der Waals surface area contributed by atoms with Gasteiger partial charge in [-0.15, -0.1) is 0 Å². The van der Waals surface area contributed by atoms with Crippen molar-refractivity contribution in [3.63, 3.8) is 0 Å². The van der Waals surface area contributed by atoms with Crippen LogP contribution >= 0.6 is 0 Å². The Hall–Kier alpha value is -0.930. The third-order valence-electron chi connectivity index (χ3n) is 3.39. The lowest BCUT2D eigenvalue weighted by molar-refractivity contribution is 0.132. The average molecular weight is 219 g/mol. The van der Waals surface area contributed by atoms with Crippen LogP contribution in [0.2, 0.25) is 0 Å². The summed E-state index contributed by atoms with van der Waals surface area (Å²) >= 11 is 0. The van der Waals surface area contributed by atoms with E-state index < -0.39 is 0 Å². The third kappa shape index (κ3) is 3.03. The highest BCUT2D eigenvalue weighted by Crippen LogP contribution is 2.24. The zero-order valence-corrected chi connectivity index (χ0v) is 9.81. The molecule has 1 aromatic heterocycles. The van der Waals surface area contributed by atoms with Crippen LogP contribution in [0.1, 0.15) is 25.0 Å². The smallest absolute Gasteiger partial charge is 0.0416 e. The SMILES string of the molecule is NCCN(CCc1ccccn1)C1CCC1. The van der Waals surface area contributed by atoms with Crippen molar-refractivity contribution in [1.82, 2.24) is 9.88 Å². The van der Waals surface area contributed by atoms with E-state index in [1.54, 1.807) is 0 Å². The number of aromatic nitrogens is 1. The average Bonchev–Trinajstić information content (AvgIpc) is 2.25. The summed E-state index contributed by atoms with van der Waals surface area (Å²) in [6.45, 7) is 2.88. The van der Waals surface area contributed by atoms with E-state index in [0.29, 0.717) is 0 Å². The number of nitrogens with zero attached hydrogens (tertiary/aromatic N) is 2. The van der Waals surface area contributed by atoms with Gasteiger partial charge in [0.25, 0.3) is 0 Å². The highest BCUT2D eigenvalue weighted by atomic mass is 15.2. The lowest BCUT2D eigenvalue weighted by Crippen LogP contribution is -2.43. The van der Waals surface area contributed by atoms with Gasteiger partial charge in [-0.2, -0.15) is 0 Å². The van der Waals surface area contributed by atoms with Gasteiger partial charge in [0.05, 0.1) is 0 Å². The number of rotatable bonds is 6. The normalized spacial score (nSPS) is 16.4. The van der Waals surface area contributed by atoms with E-state index in [9.17, 15) is 0 Å². The van der Waals surface area contributed by atoms with E-state index in [4.69, 9.17) is 5.73 Å². The third-order valence-corrected chi connectivity index (χ3v) is 3.39. The molecule has 1 heterocycles. The topological polar surface area (TPSA) is 42.1 Å². The molecule has 1 aromatic rings. The largest absolute Gasteiger partial charge is 0.329 e. The van der Waals surface area contributed by atoms with Gasteiger partial charge in [-0.3, -0.25) is 9.88 Å². The molecule has 0 amide bonds. The zero-order chi connectivity index (χ0) is 11.2. The van der Waals surface area contributed by atoms with E-state index in [1.807, 2.05) is 12.3 Å². The molecule has 1 fully saturated rings. The fourth-order valence-electron chi connectivity index (χ4n) is 2.20. The standard InChI is InChI=1S/C13H21N3/c14-8-11-16(13-5-3-6-13)10-7-12-4-1-2-9-15-12/h1-2,4,9,13H,3,5-8,10-11,14H2. The van der Waals surface area contributed by atoms with Gasteiger partial charge in [-0.25, -0.2) is 0 Å². The molecule has 0 atom stereocenters. The van der Waals surface area contributed by atoms with Crippen LogP contribution in [0.4, 0.5) is 0 Å². The van der Waals surface area contributed by atoms with Crippen molar-refractivity contribution in [3.8, 4) is 0 Å². The van der Waals surface area contributed by atoms with Crippen LogP contribution < -0.4 is 5.73 Å². The predicted octanol–water partition coefficient (Wildman–Crippen LogP) is 1.44. The van der Waals surface area contributed by atoms with Gasteiger partial charge in [0.1, 0.15) is 0 Å². The Morgan fingerprint density at radius 1 is 1.31 bits per heavy atom. The molecule has 0 aromatic carbocycles. The summed E-state index contributed by atoms with van der Waals surface area (Å²) in [5.74, 6) is 0. The summed E-state index contributed by atoms with van der Waals surface area (Å²) < 4.78 is 0. The Kier molecular flexibility index (Phi) is 4.31. The Morgan fingerprint density at radius 2 is 2.19 bits per heavy atom. The maximum absolute atomic E-state index is 5.66. The highest BCUT2D eigenvalue weighted by Gasteiger charge is 2.23. The number of nitrogens with two attached hydrogens (primary N) is 1. The lowest BCUT2D eigenvalue weighted by Gasteiger charge is -2.37. The van der Waals surface area contributed by atoms with Crippen molar-refractivity contribution in [1.29, 1.82) is 0 Å². The molecule has 3 nitrogen and oxygen atoms in total. The molecule has 1 saturated carbocycles. The van der Waals surface area contributed by atoms with E-state index >= 15 is 0 Å². The second-order valence-electron chi connectivity index (χ2n) is 4.48. The molecule has 0 spiro atoms. The minimum Gasteiger partial charge on any atom is -0.329 e. The van der Waals surface area contributed by atoms with Gasteiger partial charge in [0, 0.05) is 44.0 Å². The van der Waals surface area contributed by atoms with Gasteiger partial charge < -0.3 is 5.73 Å². The first kappa shape index (κ1) is 11.6. The molecule has 0 saturated heterocycles. The van der Waals surface area contributed by atoms with Crippen LogP contribution in [0.15, 0.2) is 24.4 Å². The van der Waals surface area contributed by atoms with Crippen molar-refractivity contribution in [3.05, 3.63) is 30.1 Å². The fourth-order valence-corrected chi connectivity index (χ4v) is 2.20. The van der Waals surface area contributed by atoms with Crippen molar-refractivity contribution < 1.29 is 0 Å². The number of pyridine rings is 1. The Balaban J connectivity index is 1.81. The van der Waals surface area contributed by atoms with Gasteiger partial charge in [-0.1, -0.05) is 12.5 Å². The molecule has 0 aliphatic heterocycles. The molecule has 3 heteroatoms. The van der Waals surface area contributed by atoms with E-state index in [2.05, 4.69) is 22.0 Å². The number of hydrogen-bond donors (Lipinski definition) is 1. The molecule has 16 heavy (non-hydrogen) atoms. The minimum atomic E-state index is 0.763. The van der Waals surface area contributed by atoms with Gasteiger partial charge in [-0.05, 0) is 25.0 Å². The van der Waals surface area contributed by atoms with Crippen molar-refractivity contribution >= 4 is 0 Å². The Morgan fingerprint density at radius 3 is 2.75 bits per heavy atom. The van der Waals surface area contributed by atoms with Crippen LogP contribution in [0, 0.1) is 0 Å². The van der Waals surface area contributed by atoms with Gasteiger partial charge in [0.15, 0.2) is 0 Å². The van der Waals surface area contributed by atoms with Gasteiger partial charge in [0.2, 0.25) is 0 Å². The van der Waals surface area contributed by atoms with Crippen LogP contribution in [0.3, 0.4) is 0 Å². The molecule has 88 valence electrons. The molecule has 0 unspecified atom stereocenters. The Bertz CT molecular complexity index is 295. The summed E-state index contributed by atoms with van der Waals surface area (Å²) in [5, 5.41) is 0.